The summed E-state index contributed by atoms with van der Waals surface area (Å²) in [5.74, 6) is 0.268. The fraction of sp³-hybridized carbons (Fsp3) is 0.118. The fourth-order valence-electron chi connectivity index (χ4n) is 1.99. The third-order valence-electron chi connectivity index (χ3n) is 3.22. The normalized spacial score (nSPS) is 10.4. The number of rotatable bonds is 5. The van der Waals surface area contributed by atoms with Crippen molar-refractivity contribution in [1.82, 2.24) is 9.97 Å². The second kappa shape index (κ2) is 7.42. The van der Waals surface area contributed by atoms with Crippen LogP contribution in [0.25, 0.3) is 10.6 Å². The highest BCUT2D eigenvalue weighted by Gasteiger charge is 2.13. The molecular formula is C17H13ClN2O3S. The van der Waals surface area contributed by atoms with E-state index < -0.39 is 5.97 Å². The lowest BCUT2D eigenvalue weighted by Crippen LogP contribution is -2.06. The summed E-state index contributed by atoms with van der Waals surface area (Å²) >= 11 is 7.36. The summed E-state index contributed by atoms with van der Waals surface area (Å²) in [5.41, 5.74) is 1.90. The van der Waals surface area contributed by atoms with Gasteiger partial charge in [0.2, 0.25) is 0 Å². The molecule has 2 heterocycles. The monoisotopic (exact) mass is 360 g/mol. The third kappa shape index (κ3) is 3.72. The van der Waals surface area contributed by atoms with Crippen LogP contribution in [0.2, 0.25) is 5.15 Å². The molecule has 0 amide bonds. The van der Waals surface area contributed by atoms with E-state index in [-0.39, 0.29) is 17.3 Å². The zero-order valence-corrected chi connectivity index (χ0v) is 14.3. The molecule has 3 aromatic rings. The Hall–Kier alpha value is -2.44. The van der Waals surface area contributed by atoms with Gasteiger partial charge in [0.05, 0.1) is 18.4 Å². The van der Waals surface area contributed by atoms with Gasteiger partial charge in [-0.3, -0.25) is 0 Å². The molecule has 0 aliphatic heterocycles. The van der Waals surface area contributed by atoms with Crippen LogP contribution in [0, 0.1) is 0 Å². The molecule has 0 fully saturated rings. The zero-order valence-electron chi connectivity index (χ0n) is 12.7. The number of nitrogens with zero attached hydrogens (tertiary/aromatic N) is 2. The Morgan fingerprint density at radius 3 is 2.75 bits per heavy atom. The predicted octanol–water partition coefficient (Wildman–Crippen LogP) is 4.22. The average Bonchev–Trinajstić information content (AvgIpc) is 3.09. The van der Waals surface area contributed by atoms with Crippen molar-refractivity contribution < 1.29 is 14.3 Å². The maximum Gasteiger partial charge on any atom is 0.341 e. The van der Waals surface area contributed by atoms with Gasteiger partial charge < -0.3 is 9.47 Å². The molecule has 7 heteroatoms. The topological polar surface area (TPSA) is 61.3 Å². The maximum absolute atomic E-state index is 12.0. The van der Waals surface area contributed by atoms with Crippen molar-refractivity contribution in [1.29, 1.82) is 0 Å². The van der Waals surface area contributed by atoms with Crippen LogP contribution < -0.4 is 4.74 Å². The Labute approximate surface area is 147 Å². The van der Waals surface area contributed by atoms with Gasteiger partial charge in [-0.1, -0.05) is 11.6 Å². The molecule has 0 spiro atoms. The number of aromatic nitrogens is 2. The van der Waals surface area contributed by atoms with Crippen molar-refractivity contribution in [3.05, 3.63) is 64.4 Å². The highest BCUT2D eigenvalue weighted by molar-refractivity contribution is 7.13. The van der Waals surface area contributed by atoms with Crippen molar-refractivity contribution >= 4 is 28.9 Å². The van der Waals surface area contributed by atoms with Crippen molar-refractivity contribution in [2.75, 3.05) is 7.11 Å². The molecule has 0 N–H and O–H groups in total. The standard InChI is InChI=1S/C17H13ClN2O3S/c1-22-13-6-4-11(5-7-13)16-20-12(10-24-16)9-23-17(21)14-3-2-8-19-15(14)18/h2-8,10H,9H2,1H3. The minimum Gasteiger partial charge on any atom is -0.497 e. The smallest absolute Gasteiger partial charge is 0.341 e. The summed E-state index contributed by atoms with van der Waals surface area (Å²) in [6.07, 6.45) is 1.51. The van der Waals surface area contributed by atoms with Gasteiger partial charge in [0.15, 0.2) is 0 Å². The van der Waals surface area contributed by atoms with Gasteiger partial charge >= 0.3 is 5.97 Å². The first-order valence-electron chi connectivity index (χ1n) is 7.04. The predicted molar refractivity (Wildman–Crippen MR) is 92.5 cm³/mol. The fourth-order valence-corrected chi connectivity index (χ4v) is 3.00. The first-order valence-corrected chi connectivity index (χ1v) is 8.29. The molecule has 0 saturated carbocycles. The first kappa shape index (κ1) is 16.4. The molecule has 122 valence electrons. The van der Waals surface area contributed by atoms with E-state index >= 15 is 0 Å². The lowest BCUT2D eigenvalue weighted by atomic mass is 10.2. The summed E-state index contributed by atoms with van der Waals surface area (Å²) in [5, 5.41) is 2.83. The van der Waals surface area contributed by atoms with Crippen molar-refractivity contribution in [3.8, 4) is 16.3 Å². The number of benzene rings is 1. The van der Waals surface area contributed by atoms with E-state index in [2.05, 4.69) is 9.97 Å². The molecule has 0 aliphatic carbocycles. The van der Waals surface area contributed by atoms with Crippen LogP contribution in [0.15, 0.2) is 48.0 Å². The number of pyridine rings is 1. The minimum absolute atomic E-state index is 0.0801. The van der Waals surface area contributed by atoms with Gasteiger partial charge in [0.1, 0.15) is 22.5 Å². The van der Waals surface area contributed by atoms with Crippen LogP contribution in [0.3, 0.4) is 0 Å². The maximum atomic E-state index is 12.0. The number of ether oxygens (including phenoxy) is 2. The van der Waals surface area contributed by atoms with Gasteiger partial charge in [0, 0.05) is 17.1 Å². The number of carbonyl (C=O) groups excluding carboxylic acids is 1. The van der Waals surface area contributed by atoms with E-state index in [1.165, 1.54) is 17.5 Å². The van der Waals surface area contributed by atoms with Gasteiger partial charge in [-0.2, -0.15) is 0 Å². The Kier molecular flexibility index (Phi) is 5.08. The molecule has 2 aromatic heterocycles. The number of hydrogen-bond acceptors (Lipinski definition) is 6. The third-order valence-corrected chi connectivity index (χ3v) is 4.46. The van der Waals surface area contributed by atoms with Crippen LogP contribution >= 0.6 is 22.9 Å². The van der Waals surface area contributed by atoms with E-state index in [1.807, 2.05) is 29.6 Å². The average molecular weight is 361 g/mol. The lowest BCUT2D eigenvalue weighted by Gasteiger charge is -2.03. The van der Waals surface area contributed by atoms with Gasteiger partial charge in [0.25, 0.3) is 0 Å². The van der Waals surface area contributed by atoms with Crippen molar-refractivity contribution in [2.24, 2.45) is 0 Å². The molecule has 3 rings (SSSR count). The van der Waals surface area contributed by atoms with Gasteiger partial charge in [-0.25, -0.2) is 14.8 Å². The van der Waals surface area contributed by atoms with E-state index in [9.17, 15) is 4.79 Å². The van der Waals surface area contributed by atoms with Gasteiger partial charge in [-0.15, -0.1) is 11.3 Å². The summed E-state index contributed by atoms with van der Waals surface area (Å²) in [7, 11) is 1.62. The molecule has 5 nitrogen and oxygen atoms in total. The molecule has 0 saturated heterocycles. The Morgan fingerprint density at radius 2 is 2.04 bits per heavy atom. The van der Waals surface area contributed by atoms with E-state index in [0.29, 0.717) is 5.69 Å². The van der Waals surface area contributed by atoms with E-state index in [0.717, 1.165) is 16.3 Å². The number of esters is 1. The second-order valence-corrected chi connectivity index (χ2v) is 6.01. The Morgan fingerprint density at radius 1 is 1.25 bits per heavy atom. The highest BCUT2D eigenvalue weighted by Crippen LogP contribution is 2.26. The largest absolute Gasteiger partial charge is 0.497 e. The van der Waals surface area contributed by atoms with Crippen LogP contribution in [-0.2, 0) is 11.3 Å². The molecule has 0 aliphatic rings. The quantitative estimate of drug-likeness (QED) is 0.503. The molecule has 24 heavy (non-hydrogen) atoms. The minimum atomic E-state index is -0.521. The SMILES string of the molecule is COc1ccc(-c2nc(COC(=O)c3cccnc3Cl)cs2)cc1. The van der Waals surface area contributed by atoms with Crippen LogP contribution in [0.1, 0.15) is 16.1 Å². The van der Waals surface area contributed by atoms with Crippen LogP contribution in [0.4, 0.5) is 0 Å². The van der Waals surface area contributed by atoms with Crippen LogP contribution in [0.5, 0.6) is 5.75 Å². The van der Waals surface area contributed by atoms with E-state index in [4.69, 9.17) is 21.1 Å². The molecule has 0 bridgehead atoms. The lowest BCUT2D eigenvalue weighted by molar-refractivity contribution is 0.0468. The second-order valence-electron chi connectivity index (χ2n) is 4.79. The Balaban J connectivity index is 1.66. The summed E-state index contributed by atoms with van der Waals surface area (Å²) in [6.45, 7) is 0.0801. The number of methoxy groups -OCH3 is 1. The summed E-state index contributed by atoms with van der Waals surface area (Å²) in [6, 6.07) is 10.8. The molecule has 1 aromatic carbocycles. The Bertz CT molecular complexity index is 849. The summed E-state index contributed by atoms with van der Waals surface area (Å²) < 4.78 is 10.4. The van der Waals surface area contributed by atoms with Crippen molar-refractivity contribution in [2.45, 2.75) is 6.61 Å². The molecule has 0 unspecified atom stereocenters. The zero-order chi connectivity index (χ0) is 16.9. The molecule has 0 radical (unpaired) electrons. The van der Waals surface area contributed by atoms with Gasteiger partial charge in [-0.05, 0) is 36.4 Å². The number of carbonyl (C=O) groups is 1. The van der Waals surface area contributed by atoms with Crippen molar-refractivity contribution in [3.63, 3.8) is 0 Å². The van der Waals surface area contributed by atoms with E-state index in [1.54, 1.807) is 19.2 Å². The molecular weight excluding hydrogens is 348 g/mol. The van der Waals surface area contributed by atoms with Crippen LogP contribution in [-0.4, -0.2) is 23.0 Å². The highest BCUT2D eigenvalue weighted by atomic mass is 35.5. The number of halogens is 1. The number of thiazole rings is 1. The summed E-state index contributed by atoms with van der Waals surface area (Å²) in [4.78, 5) is 20.3. The molecule has 0 atom stereocenters. The number of hydrogen-bond donors (Lipinski definition) is 0. The first-order chi connectivity index (χ1) is 11.7.